The molecule has 0 aliphatic heterocycles. The number of ether oxygens (including phenoxy) is 1. The minimum absolute atomic E-state index is 0.180. The van der Waals surface area contributed by atoms with Crippen LogP contribution < -0.4 is 10.5 Å². The maximum absolute atomic E-state index is 5.79. The minimum Gasteiger partial charge on any atom is -0.439 e. The second-order valence-corrected chi connectivity index (χ2v) is 5.89. The maximum Gasteiger partial charge on any atom is 0.224 e. The van der Waals surface area contributed by atoms with Gasteiger partial charge in [-0.25, -0.2) is 4.98 Å². The lowest BCUT2D eigenvalue weighted by Crippen LogP contribution is -1.97. The first-order chi connectivity index (χ1) is 12.6. The standard InChI is InChI=1S/C21H16N4O/c1-3-15-5-4-6-17(12-15)25-14(2)11-16-13-18(7-8-19(16)25)26-20-9-10-23-21(22)24-20/h1,4-13H,2H3,(H2,22,23,24). The predicted octanol–water partition coefficient (Wildman–Crippen LogP) is 4.08. The smallest absolute Gasteiger partial charge is 0.224 e. The van der Waals surface area contributed by atoms with Gasteiger partial charge in [0.05, 0.1) is 5.52 Å². The van der Waals surface area contributed by atoms with Crippen LogP contribution in [-0.2, 0) is 0 Å². The quantitative estimate of drug-likeness (QED) is 0.571. The Balaban J connectivity index is 1.76. The summed E-state index contributed by atoms with van der Waals surface area (Å²) in [6.07, 6.45) is 7.10. The van der Waals surface area contributed by atoms with Crippen LogP contribution in [0.1, 0.15) is 11.3 Å². The number of nitrogen functional groups attached to an aromatic ring is 1. The molecule has 2 aromatic heterocycles. The van der Waals surface area contributed by atoms with Gasteiger partial charge in [0.1, 0.15) is 5.75 Å². The molecule has 0 aliphatic rings. The molecule has 0 bridgehead atoms. The monoisotopic (exact) mass is 340 g/mol. The van der Waals surface area contributed by atoms with Crippen LogP contribution in [-0.4, -0.2) is 14.5 Å². The average molecular weight is 340 g/mol. The van der Waals surface area contributed by atoms with Gasteiger partial charge in [0, 0.05) is 34.6 Å². The van der Waals surface area contributed by atoms with Gasteiger partial charge in [-0.1, -0.05) is 12.0 Å². The highest BCUT2D eigenvalue weighted by Crippen LogP contribution is 2.29. The van der Waals surface area contributed by atoms with Gasteiger partial charge in [-0.15, -0.1) is 6.42 Å². The summed E-state index contributed by atoms with van der Waals surface area (Å²) in [5.41, 5.74) is 9.66. The van der Waals surface area contributed by atoms with E-state index in [2.05, 4.69) is 33.4 Å². The molecule has 2 heterocycles. The van der Waals surface area contributed by atoms with E-state index in [4.69, 9.17) is 16.9 Å². The van der Waals surface area contributed by atoms with Gasteiger partial charge >= 0.3 is 0 Å². The number of aryl methyl sites for hydroxylation is 1. The molecule has 0 fully saturated rings. The van der Waals surface area contributed by atoms with Gasteiger partial charge in [-0.2, -0.15) is 4.98 Å². The van der Waals surface area contributed by atoms with E-state index in [-0.39, 0.29) is 5.95 Å². The molecule has 0 saturated carbocycles. The van der Waals surface area contributed by atoms with Gasteiger partial charge in [0.25, 0.3) is 0 Å². The van der Waals surface area contributed by atoms with Gasteiger partial charge in [0.15, 0.2) is 0 Å². The van der Waals surface area contributed by atoms with Crippen LogP contribution in [0.5, 0.6) is 11.6 Å². The van der Waals surface area contributed by atoms with E-state index in [0.717, 1.165) is 27.8 Å². The van der Waals surface area contributed by atoms with E-state index in [0.29, 0.717) is 11.6 Å². The van der Waals surface area contributed by atoms with Gasteiger partial charge in [-0.3, -0.25) is 0 Å². The molecule has 0 aliphatic carbocycles. The lowest BCUT2D eigenvalue weighted by atomic mass is 10.2. The van der Waals surface area contributed by atoms with Gasteiger partial charge in [-0.05, 0) is 49.4 Å². The van der Waals surface area contributed by atoms with Gasteiger partial charge < -0.3 is 15.0 Å². The second-order valence-electron chi connectivity index (χ2n) is 5.89. The first-order valence-electron chi connectivity index (χ1n) is 8.09. The van der Waals surface area contributed by atoms with Gasteiger partial charge in [0.2, 0.25) is 11.8 Å². The Labute approximate surface area is 151 Å². The van der Waals surface area contributed by atoms with Crippen molar-refractivity contribution in [2.75, 3.05) is 5.73 Å². The van der Waals surface area contributed by atoms with Crippen molar-refractivity contribution in [3.8, 4) is 29.7 Å². The van der Waals surface area contributed by atoms with E-state index in [9.17, 15) is 0 Å². The largest absolute Gasteiger partial charge is 0.439 e. The topological polar surface area (TPSA) is 66.0 Å². The molecule has 0 unspecified atom stereocenters. The number of fused-ring (bicyclic) bond motifs is 1. The van der Waals surface area contributed by atoms with Crippen molar-refractivity contribution in [2.24, 2.45) is 0 Å². The van der Waals surface area contributed by atoms with Crippen molar-refractivity contribution in [1.29, 1.82) is 0 Å². The molecule has 5 nitrogen and oxygen atoms in total. The fraction of sp³-hybridized carbons (Fsp3) is 0.0476. The Morgan fingerprint density at radius 3 is 2.81 bits per heavy atom. The molecule has 2 aromatic carbocycles. The summed E-state index contributed by atoms with van der Waals surface area (Å²) in [4.78, 5) is 7.92. The number of aromatic nitrogens is 3. The number of terminal acetylenes is 1. The Hall–Kier alpha value is -3.78. The van der Waals surface area contributed by atoms with Crippen LogP contribution in [0.15, 0.2) is 60.8 Å². The summed E-state index contributed by atoms with van der Waals surface area (Å²) in [6, 6.07) is 17.6. The number of hydrogen-bond donors (Lipinski definition) is 1. The average Bonchev–Trinajstić information content (AvgIpc) is 2.97. The van der Waals surface area contributed by atoms with Crippen LogP contribution >= 0.6 is 0 Å². The number of nitrogens with zero attached hydrogens (tertiary/aromatic N) is 3. The molecule has 126 valence electrons. The molecule has 0 radical (unpaired) electrons. The lowest BCUT2D eigenvalue weighted by molar-refractivity contribution is 0.463. The normalized spacial score (nSPS) is 10.6. The highest BCUT2D eigenvalue weighted by molar-refractivity contribution is 5.84. The zero-order valence-electron chi connectivity index (χ0n) is 14.2. The fourth-order valence-corrected chi connectivity index (χ4v) is 3.01. The van der Waals surface area contributed by atoms with E-state index in [1.54, 1.807) is 12.3 Å². The van der Waals surface area contributed by atoms with Crippen LogP contribution in [0.25, 0.3) is 16.6 Å². The van der Waals surface area contributed by atoms with E-state index in [1.807, 2.05) is 42.5 Å². The summed E-state index contributed by atoms with van der Waals surface area (Å²) in [5.74, 6) is 3.96. The molecule has 0 spiro atoms. The maximum atomic E-state index is 5.79. The Morgan fingerprint density at radius 2 is 2.00 bits per heavy atom. The predicted molar refractivity (Wildman–Crippen MR) is 102 cm³/mol. The molecular formula is C21H16N4O. The number of anilines is 1. The van der Waals surface area contributed by atoms with Crippen molar-refractivity contribution in [3.63, 3.8) is 0 Å². The molecule has 0 atom stereocenters. The molecule has 0 amide bonds. The summed E-state index contributed by atoms with van der Waals surface area (Å²) >= 11 is 0. The third kappa shape index (κ3) is 2.85. The molecule has 0 saturated heterocycles. The first kappa shape index (κ1) is 15.7. The Bertz CT molecular complexity index is 1150. The summed E-state index contributed by atoms with van der Waals surface area (Å²) in [5, 5.41) is 1.06. The minimum atomic E-state index is 0.180. The van der Waals surface area contributed by atoms with Crippen molar-refractivity contribution in [1.82, 2.24) is 14.5 Å². The van der Waals surface area contributed by atoms with Crippen LogP contribution in [0.3, 0.4) is 0 Å². The number of rotatable bonds is 3. The van der Waals surface area contributed by atoms with Crippen molar-refractivity contribution >= 4 is 16.9 Å². The Kier molecular flexibility index (Phi) is 3.79. The molecule has 2 N–H and O–H groups in total. The fourth-order valence-electron chi connectivity index (χ4n) is 3.01. The molecular weight excluding hydrogens is 324 g/mol. The zero-order valence-corrected chi connectivity index (χ0v) is 14.2. The SMILES string of the molecule is C#Cc1cccc(-n2c(C)cc3cc(Oc4ccnc(N)n4)ccc32)c1. The van der Waals surface area contributed by atoms with Crippen LogP contribution in [0.2, 0.25) is 0 Å². The number of benzene rings is 2. The van der Waals surface area contributed by atoms with Crippen molar-refractivity contribution in [2.45, 2.75) is 6.92 Å². The molecule has 5 heteroatoms. The van der Waals surface area contributed by atoms with E-state index >= 15 is 0 Å². The van der Waals surface area contributed by atoms with E-state index < -0.39 is 0 Å². The first-order valence-corrected chi connectivity index (χ1v) is 8.09. The molecule has 4 rings (SSSR count). The number of nitrogens with two attached hydrogens (primary N) is 1. The summed E-state index contributed by atoms with van der Waals surface area (Å²) < 4.78 is 7.96. The Morgan fingerprint density at radius 1 is 1.12 bits per heavy atom. The highest BCUT2D eigenvalue weighted by Gasteiger charge is 2.10. The van der Waals surface area contributed by atoms with Crippen molar-refractivity contribution in [3.05, 3.63) is 72.1 Å². The van der Waals surface area contributed by atoms with E-state index in [1.165, 1.54) is 0 Å². The highest BCUT2D eigenvalue weighted by atomic mass is 16.5. The number of hydrogen-bond acceptors (Lipinski definition) is 4. The lowest BCUT2D eigenvalue weighted by Gasteiger charge is -2.10. The second kappa shape index (κ2) is 6.26. The summed E-state index contributed by atoms with van der Waals surface area (Å²) in [7, 11) is 0. The van der Waals surface area contributed by atoms with Crippen LogP contribution in [0, 0.1) is 19.3 Å². The third-order valence-corrected chi connectivity index (χ3v) is 4.10. The third-order valence-electron chi connectivity index (χ3n) is 4.10. The molecule has 4 aromatic rings. The zero-order chi connectivity index (χ0) is 18.1. The molecule has 26 heavy (non-hydrogen) atoms. The van der Waals surface area contributed by atoms with Crippen LogP contribution in [0.4, 0.5) is 5.95 Å². The van der Waals surface area contributed by atoms with Crippen molar-refractivity contribution < 1.29 is 4.74 Å². The summed E-state index contributed by atoms with van der Waals surface area (Å²) in [6.45, 7) is 2.06.